The van der Waals surface area contributed by atoms with Crippen molar-refractivity contribution in [2.45, 2.75) is 49.7 Å². The zero-order valence-electron chi connectivity index (χ0n) is 17.5. The van der Waals surface area contributed by atoms with E-state index in [1.54, 1.807) is 18.7 Å². The highest BCUT2D eigenvalue weighted by Crippen LogP contribution is 2.66. The number of amides is 2. The summed E-state index contributed by atoms with van der Waals surface area (Å²) in [7, 11) is 0. The first-order valence-corrected chi connectivity index (χ1v) is 11.4. The van der Waals surface area contributed by atoms with Gasteiger partial charge in [-0.3, -0.25) is 14.4 Å². The average Bonchev–Trinajstić information content (AvgIpc) is 3.33. The van der Waals surface area contributed by atoms with Gasteiger partial charge >= 0.3 is 5.97 Å². The second-order valence-electron chi connectivity index (χ2n) is 8.37. The van der Waals surface area contributed by atoms with Crippen LogP contribution in [0.25, 0.3) is 0 Å². The lowest BCUT2D eigenvalue weighted by molar-refractivity contribution is -0.153. The summed E-state index contributed by atoms with van der Waals surface area (Å²) in [6, 6.07) is 5.12. The molecule has 1 aromatic carbocycles. The Hall–Kier alpha value is -2.06. The molecule has 1 spiro atoms. The van der Waals surface area contributed by atoms with Gasteiger partial charge in [-0.25, -0.2) is 0 Å². The maximum Gasteiger partial charge on any atom is 0.310 e. The fourth-order valence-corrected chi connectivity index (χ4v) is 7.59. The van der Waals surface area contributed by atoms with Gasteiger partial charge < -0.3 is 20.1 Å². The molecule has 3 aliphatic heterocycles. The van der Waals surface area contributed by atoms with E-state index in [9.17, 15) is 19.5 Å². The molecule has 2 amide bonds. The molecule has 3 heterocycles. The highest BCUT2D eigenvalue weighted by Gasteiger charge is 2.73. The Bertz CT molecular complexity index is 890. The summed E-state index contributed by atoms with van der Waals surface area (Å²) in [4.78, 5) is 41.1. The maximum atomic E-state index is 13.5. The van der Waals surface area contributed by atoms with Crippen LogP contribution in [-0.2, 0) is 19.1 Å². The van der Waals surface area contributed by atoms with Crippen molar-refractivity contribution in [1.29, 1.82) is 0 Å². The van der Waals surface area contributed by atoms with Crippen LogP contribution in [0.15, 0.2) is 18.2 Å². The van der Waals surface area contributed by atoms with Crippen molar-refractivity contribution in [2.24, 2.45) is 11.8 Å². The SMILES string of the molecule is CCOC(=O)[C@@H]1[C@H]2C(=O)N(CCO)C(C(=O)Nc3cc(C)ccc3C)C23CC[C@H]1S3. The number of fused-ring (bicyclic) bond motifs is 1. The number of nitrogens with one attached hydrogen (secondary N) is 1. The molecule has 5 atom stereocenters. The van der Waals surface area contributed by atoms with Gasteiger partial charge in [0, 0.05) is 17.5 Å². The standard InChI is InChI=1S/C22H28N2O5S/c1-4-29-21(28)16-15-7-8-22(30-15)17(16)20(27)24(9-10-25)18(22)19(26)23-14-11-12(2)5-6-13(14)3/h5-6,11,15-18,25H,4,7-10H2,1-3H3,(H,23,26)/t15-,16+,17+,18?,22?/m1/s1. The van der Waals surface area contributed by atoms with Gasteiger partial charge in [-0.15, -0.1) is 11.8 Å². The molecular formula is C22H28N2O5S. The van der Waals surface area contributed by atoms with E-state index in [0.717, 1.165) is 23.2 Å². The van der Waals surface area contributed by atoms with E-state index in [1.807, 2.05) is 32.0 Å². The summed E-state index contributed by atoms with van der Waals surface area (Å²) < 4.78 is 4.62. The largest absolute Gasteiger partial charge is 0.466 e. The fourth-order valence-electron chi connectivity index (χ4n) is 5.38. The van der Waals surface area contributed by atoms with Crippen LogP contribution in [-0.4, -0.2) is 63.6 Å². The van der Waals surface area contributed by atoms with Crippen molar-refractivity contribution in [3.63, 3.8) is 0 Å². The lowest BCUT2D eigenvalue weighted by Gasteiger charge is -2.34. The molecule has 3 aliphatic rings. The second-order valence-corrected chi connectivity index (χ2v) is 9.97. The van der Waals surface area contributed by atoms with Crippen LogP contribution >= 0.6 is 11.8 Å². The monoisotopic (exact) mass is 432 g/mol. The van der Waals surface area contributed by atoms with Crippen molar-refractivity contribution in [3.05, 3.63) is 29.3 Å². The summed E-state index contributed by atoms with van der Waals surface area (Å²) in [5, 5.41) is 12.6. The van der Waals surface area contributed by atoms with Crippen LogP contribution in [0.5, 0.6) is 0 Å². The number of nitrogens with zero attached hydrogens (tertiary/aromatic N) is 1. The molecule has 7 nitrogen and oxygen atoms in total. The first kappa shape index (κ1) is 21.2. The summed E-state index contributed by atoms with van der Waals surface area (Å²) in [5.41, 5.74) is 2.68. The number of carbonyl (C=O) groups excluding carboxylic acids is 3. The zero-order chi connectivity index (χ0) is 21.6. The van der Waals surface area contributed by atoms with Crippen molar-refractivity contribution in [2.75, 3.05) is 25.1 Å². The minimum Gasteiger partial charge on any atom is -0.466 e. The van der Waals surface area contributed by atoms with Gasteiger partial charge in [0.05, 0.1) is 29.8 Å². The molecule has 2 unspecified atom stereocenters. The number of benzene rings is 1. The number of thioether (sulfide) groups is 1. The Morgan fingerprint density at radius 2 is 2.13 bits per heavy atom. The summed E-state index contributed by atoms with van der Waals surface area (Å²) >= 11 is 1.59. The fraction of sp³-hybridized carbons (Fsp3) is 0.591. The average molecular weight is 433 g/mol. The van der Waals surface area contributed by atoms with E-state index >= 15 is 0 Å². The third-order valence-electron chi connectivity index (χ3n) is 6.60. The number of hydrogen-bond donors (Lipinski definition) is 2. The van der Waals surface area contributed by atoms with Crippen LogP contribution in [0.3, 0.4) is 0 Å². The quantitative estimate of drug-likeness (QED) is 0.667. The molecule has 3 saturated heterocycles. The molecule has 2 N–H and O–H groups in total. The van der Waals surface area contributed by atoms with Crippen LogP contribution in [0.1, 0.15) is 30.9 Å². The molecular weight excluding hydrogens is 404 g/mol. The van der Waals surface area contributed by atoms with Crippen LogP contribution in [0.2, 0.25) is 0 Å². The maximum absolute atomic E-state index is 13.5. The third kappa shape index (κ3) is 3.12. The molecule has 1 aromatic rings. The van der Waals surface area contributed by atoms with Gasteiger partial charge in [-0.1, -0.05) is 12.1 Å². The predicted octanol–water partition coefficient (Wildman–Crippen LogP) is 1.89. The van der Waals surface area contributed by atoms with Crippen LogP contribution < -0.4 is 5.32 Å². The molecule has 3 fully saturated rings. The van der Waals surface area contributed by atoms with Crippen molar-refractivity contribution in [1.82, 2.24) is 4.90 Å². The van der Waals surface area contributed by atoms with E-state index in [-0.39, 0.29) is 42.8 Å². The Labute approximate surface area is 180 Å². The van der Waals surface area contributed by atoms with E-state index in [0.29, 0.717) is 6.42 Å². The van der Waals surface area contributed by atoms with E-state index in [4.69, 9.17) is 4.74 Å². The molecule has 0 aliphatic carbocycles. The molecule has 30 heavy (non-hydrogen) atoms. The van der Waals surface area contributed by atoms with Crippen molar-refractivity contribution >= 4 is 35.2 Å². The van der Waals surface area contributed by atoms with Crippen LogP contribution in [0, 0.1) is 25.7 Å². The topological polar surface area (TPSA) is 95.9 Å². The Morgan fingerprint density at radius 1 is 1.37 bits per heavy atom. The lowest BCUT2D eigenvalue weighted by Crippen LogP contribution is -2.51. The Balaban J connectivity index is 1.69. The number of likely N-dealkylation sites (tertiary alicyclic amines) is 1. The molecule has 2 bridgehead atoms. The minimum absolute atomic E-state index is 0.00900. The summed E-state index contributed by atoms with van der Waals surface area (Å²) in [5.74, 6) is -1.95. The van der Waals surface area contributed by atoms with E-state index in [2.05, 4.69) is 5.32 Å². The smallest absolute Gasteiger partial charge is 0.310 e. The molecule has 0 saturated carbocycles. The number of esters is 1. The summed E-state index contributed by atoms with van der Waals surface area (Å²) in [6.45, 7) is 5.73. The van der Waals surface area contributed by atoms with Crippen molar-refractivity contribution in [3.8, 4) is 0 Å². The zero-order valence-corrected chi connectivity index (χ0v) is 18.3. The van der Waals surface area contributed by atoms with Gasteiger partial charge in [0.25, 0.3) is 0 Å². The Morgan fingerprint density at radius 3 is 2.83 bits per heavy atom. The molecule has 162 valence electrons. The van der Waals surface area contributed by atoms with Gasteiger partial charge in [0.2, 0.25) is 11.8 Å². The number of carbonyl (C=O) groups is 3. The number of hydrogen-bond acceptors (Lipinski definition) is 6. The van der Waals surface area contributed by atoms with Gasteiger partial charge in [-0.2, -0.15) is 0 Å². The second kappa shape index (κ2) is 7.89. The van der Waals surface area contributed by atoms with Crippen molar-refractivity contribution < 1.29 is 24.2 Å². The number of β-amino-alcohol motifs (C(OH)–C–C–N with tert-alkyl or cyclic N) is 1. The minimum atomic E-state index is -0.725. The lowest BCUT2D eigenvalue weighted by atomic mass is 9.71. The first-order valence-electron chi connectivity index (χ1n) is 10.5. The number of aliphatic hydroxyl groups excluding tert-OH is 1. The van der Waals surface area contributed by atoms with Gasteiger partial charge in [0.15, 0.2) is 0 Å². The highest BCUT2D eigenvalue weighted by atomic mass is 32.2. The Kier molecular flexibility index (Phi) is 5.57. The third-order valence-corrected chi connectivity index (χ3v) is 8.55. The molecule has 0 radical (unpaired) electrons. The first-order chi connectivity index (χ1) is 14.3. The molecule has 0 aromatic heterocycles. The number of aryl methyl sites for hydroxylation is 2. The molecule has 4 rings (SSSR count). The van der Waals surface area contributed by atoms with Crippen LogP contribution in [0.4, 0.5) is 5.69 Å². The number of rotatable bonds is 6. The van der Waals surface area contributed by atoms with Gasteiger partial charge in [-0.05, 0) is 50.8 Å². The van der Waals surface area contributed by atoms with E-state index in [1.165, 1.54) is 4.90 Å². The normalized spacial score (nSPS) is 31.7. The predicted molar refractivity (Wildman–Crippen MR) is 114 cm³/mol. The number of ether oxygens (including phenoxy) is 1. The number of aliphatic hydroxyl groups is 1. The van der Waals surface area contributed by atoms with E-state index < -0.39 is 22.6 Å². The molecule has 8 heteroatoms. The van der Waals surface area contributed by atoms with Gasteiger partial charge in [0.1, 0.15) is 6.04 Å². The highest BCUT2D eigenvalue weighted by molar-refractivity contribution is 8.02. The summed E-state index contributed by atoms with van der Waals surface area (Å²) in [6.07, 6.45) is 1.47. The number of anilines is 1.